The van der Waals surface area contributed by atoms with E-state index in [0.717, 1.165) is 6.42 Å². The van der Waals surface area contributed by atoms with Crippen LogP contribution in [0.5, 0.6) is 5.75 Å². The van der Waals surface area contributed by atoms with Crippen molar-refractivity contribution < 1.29 is 14.6 Å². The molecule has 3 rings (SSSR count). The molecule has 0 saturated carbocycles. The Morgan fingerprint density at radius 3 is 2.52 bits per heavy atom. The number of nitrogens with zero attached hydrogens (tertiary/aromatic N) is 3. The van der Waals surface area contributed by atoms with Crippen molar-refractivity contribution in [2.45, 2.75) is 43.6 Å². The number of aryl methyl sites for hydroxylation is 1. The molecular weight excluding hydrogens is 386 g/mol. The summed E-state index contributed by atoms with van der Waals surface area (Å²) < 4.78 is 7.16. The zero-order valence-corrected chi connectivity index (χ0v) is 17.4. The highest BCUT2D eigenvalue weighted by Crippen LogP contribution is 2.32. The zero-order chi connectivity index (χ0) is 20.6. The standard InChI is InChI=1S/C22H25N3O3S/c1-3-19(21(27)28-4-2)29-22-24-23-20(17-12-8-9-13-18(17)26)25(22)15-14-16-10-6-5-7-11-16/h5-13,19,26H,3-4,14-15H2,1-2H3/t19-/m0/s1. The van der Waals surface area contributed by atoms with E-state index >= 15 is 0 Å². The van der Waals surface area contributed by atoms with E-state index in [4.69, 9.17) is 4.74 Å². The SMILES string of the molecule is CCOC(=O)[C@H](CC)Sc1nnc(-c2ccccc2O)n1CCc1ccccc1. The zero-order valence-electron chi connectivity index (χ0n) is 16.6. The molecule has 6 nitrogen and oxygen atoms in total. The number of hydrogen-bond donors (Lipinski definition) is 1. The lowest BCUT2D eigenvalue weighted by Gasteiger charge is -2.15. The van der Waals surface area contributed by atoms with Gasteiger partial charge in [-0.3, -0.25) is 4.79 Å². The molecule has 0 saturated heterocycles. The molecule has 0 unspecified atom stereocenters. The van der Waals surface area contributed by atoms with Crippen LogP contribution in [0.25, 0.3) is 11.4 Å². The highest BCUT2D eigenvalue weighted by molar-refractivity contribution is 8.00. The first-order chi connectivity index (χ1) is 14.1. The second kappa shape index (κ2) is 10.1. The number of carbonyl (C=O) groups is 1. The summed E-state index contributed by atoms with van der Waals surface area (Å²) in [6.07, 6.45) is 1.41. The lowest BCUT2D eigenvalue weighted by Crippen LogP contribution is -2.20. The van der Waals surface area contributed by atoms with Gasteiger partial charge in [0.2, 0.25) is 0 Å². The van der Waals surface area contributed by atoms with Crippen LogP contribution in [0.3, 0.4) is 0 Å². The largest absolute Gasteiger partial charge is 0.507 e. The van der Waals surface area contributed by atoms with Crippen molar-refractivity contribution in [3.05, 3.63) is 60.2 Å². The van der Waals surface area contributed by atoms with E-state index < -0.39 is 0 Å². The van der Waals surface area contributed by atoms with E-state index in [1.165, 1.54) is 17.3 Å². The number of rotatable bonds is 9. The van der Waals surface area contributed by atoms with E-state index in [-0.39, 0.29) is 17.0 Å². The average molecular weight is 412 g/mol. The predicted molar refractivity (Wildman–Crippen MR) is 114 cm³/mol. The van der Waals surface area contributed by atoms with Crippen LogP contribution in [-0.4, -0.2) is 37.7 Å². The maximum Gasteiger partial charge on any atom is 0.319 e. The van der Waals surface area contributed by atoms with Crippen molar-refractivity contribution in [2.24, 2.45) is 0 Å². The fourth-order valence-electron chi connectivity index (χ4n) is 2.99. The minimum Gasteiger partial charge on any atom is -0.507 e. The number of esters is 1. The number of phenols is 1. The molecule has 3 aromatic rings. The van der Waals surface area contributed by atoms with Gasteiger partial charge in [-0.2, -0.15) is 0 Å². The topological polar surface area (TPSA) is 77.2 Å². The quantitative estimate of drug-likeness (QED) is 0.417. The maximum absolute atomic E-state index is 12.3. The molecule has 152 valence electrons. The Balaban J connectivity index is 1.93. The minimum absolute atomic E-state index is 0.148. The number of phenolic OH excluding ortho intramolecular Hbond substituents is 1. The molecule has 0 amide bonds. The number of hydrogen-bond acceptors (Lipinski definition) is 6. The molecule has 0 fully saturated rings. The summed E-state index contributed by atoms with van der Waals surface area (Å²) >= 11 is 1.35. The fraction of sp³-hybridized carbons (Fsp3) is 0.318. The molecule has 29 heavy (non-hydrogen) atoms. The van der Waals surface area contributed by atoms with Crippen molar-refractivity contribution in [1.29, 1.82) is 0 Å². The van der Waals surface area contributed by atoms with Crippen molar-refractivity contribution in [3.63, 3.8) is 0 Å². The second-order valence-electron chi connectivity index (χ2n) is 6.48. The number of ether oxygens (including phenoxy) is 1. The summed E-state index contributed by atoms with van der Waals surface area (Å²) in [7, 11) is 0. The maximum atomic E-state index is 12.3. The summed E-state index contributed by atoms with van der Waals surface area (Å²) in [5, 5.41) is 19.3. The monoisotopic (exact) mass is 411 g/mol. The van der Waals surface area contributed by atoms with E-state index in [9.17, 15) is 9.90 Å². The van der Waals surface area contributed by atoms with Crippen molar-refractivity contribution in [1.82, 2.24) is 14.8 Å². The number of aromatic nitrogens is 3. The van der Waals surface area contributed by atoms with Gasteiger partial charge in [-0.15, -0.1) is 10.2 Å². The molecule has 1 N–H and O–H groups in total. The van der Waals surface area contributed by atoms with Gasteiger partial charge >= 0.3 is 5.97 Å². The fourth-order valence-corrected chi connectivity index (χ4v) is 3.96. The van der Waals surface area contributed by atoms with Crippen LogP contribution >= 0.6 is 11.8 Å². The summed E-state index contributed by atoms with van der Waals surface area (Å²) in [5.74, 6) is 0.483. The third-order valence-corrected chi connectivity index (χ3v) is 5.82. The van der Waals surface area contributed by atoms with E-state index in [0.29, 0.717) is 36.1 Å². The van der Waals surface area contributed by atoms with E-state index in [2.05, 4.69) is 22.3 Å². The molecular formula is C22H25N3O3S. The Hall–Kier alpha value is -2.80. The molecule has 1 heterocycles. The summed E-state index contributed by atoms with van der Waals surface area (Å²) in [6.45, 7) is 4.72. The highest BCUT2D eigenvalue weighted by Gasteiger charge is 2.24. The van der Waals surface area contributed by atoms with E-state index in [1.54, 1.807) is 19.1 Å². The molecule has 2 aromatic carbocycles. The lowest BCUT2D eigenvalue weighted by molar-refractivity contribution is -0.142. The van der Waals surface area contributed by atoms with Gasteiger partial charge in [-0.25, -0.2) is 0 Å². The normalized spacial score (nSPS) is 11.9. The highest BCUT2D eigenvalue weighted by atomic mass is 32.2. The van der Waals surface area contributed by atoms with Gasteiger partial charge in [0.05, 0.1) is 12.2 Å². The van der Waals surface area contributed by atoms with E-state index in [1.807, 2.05) is 41.8 Å². The second-order valence-corrected chi connectivity index (χ2v) is 7.65. The Morgan fingerprint density at radius 1 is 1.10 bits per heavy atom. The predicted octanol–water partition coefficient (Wildman–Crippen LogP) is 4.33. The summed E-state index contributed by atoms with van der Waals surface area (Å²) in [4.78, 5) is 12.3. The van der Waals surface area contributed by atoms with Gasteiger partial charge in [0.25, 0.3) is 0 Å². The van der Waals surface area contributed by atoms with Crippen LogP contribution in [0.2, 0.25) is 0 Å². The molecule has 0 aliphatic heterocycles. The molecule has 0 radical (unpaired) electrons. The Morgan fingerprint density at radius 2 is 1.83 bits per heavy atom. The van der Waals surface area contributed by atoms with Crippen molar-refractivity contribution >= 4 is 17.7 Å². The van der Waals surface area contributed by atoms with Crippen LogP contribution in [0, 0.1) is 0 Å². The Kier molecular flexibility index (Phi) is 7.30. The smallest absolute Gasteiger partial charge is 0.319 e. The number of carbonyl (C=O) groups excluding carboxylic acids is 1. The third-order valence-electron chi connectivity index (χ3n) is 4.50. The first kappa shape index (κ1) is 20.9. The average Bonchev–Trinajstić information content (AvgIpc) is 3.14. The van der Waals surface area contributed by atoms with Gasteiger partial charge < -0.3 is 14.4 Å². The third kappa shape index (κ3) is 5.17. The van der Waals surface area contributed by atoms with Gasteiger partial charge in [0.15, 0.2) is 11.0 Å². The van der Waals surface area contributed by atoms with Crippen LogP contribution < -0.4 is 0 Å². The minimum atomic E-state index is -0.355. The molecule has 0 aliphatic rings. The first-order valence-corrected chi connectivity index (χ1v) is 10.6. The summed E-state index contributed by atoms with van der Waals surface area (Å²) in [5.41, 5.74) is 1.81. The van der Waals surface area contributed by atoms with Crippen molar-refractivity contribution in [3.8, 4) is 17.1 Å². The first-order valence-electron chi connectivity index (χ1n) is 9.72. The molecule has 1 atom stereocenters. The number of para-hydroxylation sites is 1. The van der Waals surface area contributed by atoms with Crippen molar-refractivity contribution in [2.75, 3.05) is 6.61 Å². The van der Waals surface area contributed by atoms with Gasteiger partial charge in [0.1, 0.15) is 11.0 Å². The molecule has 0 aliphatic carbocycles. The van der Waals surface area contributed by atoms with Crippen LogP contribution in [-0.2, 0) is 22.5 Å². The number of benzene rings is 2. The number of aromatic hydroxyl groups is 1. The van der Waals surface area contributed by atoms with Crippen LogP contribution in [0.4, 0.5) is 0 Å². The molecule has 1 aromatic heterocycles. The molecule has 0 spiro atoms. The molecule has 0 bridgehead atoms. The van der Waals surface area contributed by atoms with Crippen LogP contribution in [0.15, 0.2) is 59.8 Å². The molecule has 7 heteroatoms. The Bertz CT molecular complexity index is 943. The Labute approximate surface area is 174 Å². The summed E-state index contributed by atoms with van der Waals surface area (Å²) in [6, 6.07) is 17.2. The van der Waals surface area contributed by atoms with Gasteiger partial charge in [-0.1, -0.05) is 61.2 Å². The van der Waals surface area contributed by atoms with Gasteiger partial charge in [-0.05, 0) is 37.5 Å². The lowest BCUT2D eigenvalue weighted by atomic mass is 10.1. The van der Waals surface area contributed by atoms with Crippen LogP contribution in [0.1, 0.15) is 25.8 Å². The number of thioether (sulfide) groups is 1. The van der Waals surface area contributed by atoms with Gasteiger partial charge in [0, 0.05) is 6.54 Å².